The molecule has 4 nitrogen and oxygen atoms in total. The summed E-state index contributed by atoms with van der Waals surface area (Å²) >= 11 is 0. The molecule has 1 rings (SSSR count). The van der Waals surface area contributed by atoms with E-state index in [0.29, 0.717) is 5.69 Å². The lowest BCUT2D eigenvalue weighted by molar-refractivity contribution is -0.117. The molecule has 0 saturated heterocycles. The molecule has 0 unspecified atom stereocenters. The quantitative estimate of drug-likeness (QED) is 0.719. The summed E-state index contributed by atoms with van der Waals surface area (Å²) in [5.74, 6) is -0.393. The van der Waals surface area contributed by atoms with Crippen LogP contribution in [0.25, 0.3) is 0 Å². The summed E-state index contributed by atoms with van der Waals surface area (Å²) in [5.41, 5.74) is 6.07. The Kier molecular flexibility index (Phi) is 2.98. The molecule has 13 heavy (non-hydrogen) atoms. The fraction of sp³-hybridized carbons (Fsp3) is 0.111. The average Bonchev–Trinajstić information content (AvgIpc) is 2.15. The van der Waals surface area contributed by atoms with Gasteiger partial charge in [-0.2, -0.15) is 5.26 Å². The molecule has 1 aromatic rings. The van der Waals surface area contributed by atoms with E-state index in [1.807, 2.05) is 6.07 Å². The minimum Gasteiger partial charge on any atom is -0.370 e. The third-order valence-corrected chi connectivity index (χ3v) is 1.44. The maximum atomic E-state index is 10.4. The molecule has 1 aromatic heterocycles. The van der Waals surface area contributed by atoms with Crippen LogP contribution in [-0.2, 0) is 4.79 Å². The van der Waals surface area contributed by atoms with E-state index in [1.165, 1.54) is 6.20 Å². The summed E-state index contributed by atoms with van der Waals surface area (Å²) in [4.78, 5) is 14.2. The first-order valence-electron chi connectivity index (χ1n) is 3.70. The number of aromatic nitrogens is 1. The highest BCUT2D eigenvalue weighted by atomic mass is 16.1. The molecule has 2 N–H and O–H groups in total. The van der Waals surface area contributed by atoms with E-state index < -0.39 is 5.91 Å². The van der Waals surface area contributed by atoms with E-state index in [-0.39, 0.29) is 6.42 Å². The van der Waals surface area contributed by atoms with Crippen molar-refractivity contribution in [2.45, 2.75) is 6.42 Å². The Morgan fingerprint density at radius 2 is 2.54 bits per heavy atom. The van der Waals surface area contributed by atoms with Gasteiger partial charge in [-0.1, -0.05) is 0 Å². The Balaban J connectivity index is 2.68. The van der Waals surface area contributed by atoms with Crippen LogP contribution in [0.2, 0.25) is 0 Å². The summed E-state index contributed by atoms with van der Waals surface area (Å²) in [6.07, 6.45) is 3.35. The van der Waals surface area contributed by atoms with Gasteiger partial charge in [0.15, 0.2) is 0 Å². The van der Waals surface area contributed by atoms with Crippen molar-refractivity contribution < 1.29 is 4.79 Å². The van der Waals surface area contributed by atoms with E-state index >= 15 is 0 Å². The van der Waals surface area contributed by atoms with Crippen molar-refractivity contribution in [1.82, 2.24) is 4.98 Å². The van der Waals surface area contributed by atoms with Crippen molar-refractivity contribution in [3.8, 4) is 6.07 Å². The first-order chi connectivity index (χ1) is 6.22. The first-order valence-corrected chi connectivity index (χ1v) is 3.70. The second kappa shape index (κ2) is 4.21. The fourth-order valence-electron chi connectivity index (χ4n) is 0.853. The van der Waals surface area contributed by atoms with Gasteiger partial charge in [-0.05, 0) is 17.7 Å². The molecule has 0 aliphatic rings. The number of nitriles is 1. The van der Waals surface area contributed by atoms with Crippen LogP contribution >= 0.6 is 0 Å². The lowest BCUT2D eigenvalue weighted by Crippen LogP contribution is -2.10. The van der Waals surface area contributed by atoms with Crippen molar-refractivity contribution >= 4 is 5.91 Å². The number of carbonyl (C=O) groups excluding carboxylic acids is 1. The predicted molar refractivity (Wildman–Crippen MR) is 46.2 cm³/mol. The molecule has 0 spiro atoms. The maximum absolute atomic E-state index is 10.4. The Hall–Kier alpha value is -1.89. The molecule has 0 bridgehead atoms. The van der Waals surface area contributed by atoms with Gasteiger partial charge in [0, 0.05) is 19.0 Å². The van der Waals surface area contributed by atoms with Crippen molar-refractivity contribution in [3.05, 3.63) is 36.0 Å². The number of amides is 1. The molecule has 0 saturated carbocycles. The van der Waals surface area contributed by atoms with Crippen LogP contribution in [0.3, 0.4) is 0 Å². The zero-order valence-corrected chi connectivity index (χ0v) is 6.90. The molecule has 0 aliphatic carbocycles. The van der Waals surface area contributed by atoms with Gasteiger partial charge in [0.1, 0.15) is 11.8 Å². The summed E-state index contributed by atoms with van der Waals surface area (Å²) < 4.78 is 0. The molecule has 65 valence electrons. The molecule has 1 amide bonds. The van der Waals surface area contributed by atoms with E-state index in [2.05, 4.69) is 4.98 Å². The second-order valence-corrected chi connectivity index (χ2v) is 2.46. The van der Waals surface area contributed by atoms with Gasteiger partial charge >= 0.3 is 0 Å². The van der Waals surface area contributed by atoms with Crippen LogP contribution in [0.5, 0.6) is 0 Å². The van der Waals surface area contributed by atoms with Gasteiger partial charge in [0.25, 0.3) is 0 Å². The Bertz CT molecular complexity index is 354. The average molecular weight is 174 g/mol. The van der Waals surface area contributed by atoms with Crippen molar-refractivity contribution in [2.24, 2.45) is 5.73 Å². The highest BCUT2D eigenvalue weighted by Crippen LogP contribution is 2.05. The van der Waals surface area contributed by atoms with Gasteiger partial charge in [0.2, 0.25) is 5.91 Å². The largest absolute Gasteiger partial charge is 0.370 e. The number of hydrogen-bond donors (Lipinski definition) is 1. The van der Waals surface area contributed by atoms with Crippen molar-refractivity contribution in [1.29, 1.82) is 5.26 Å². The lowest BCUT2D eigenvalue weighted by Gasteiger charge is -1.97. The van der Waals surface area contributed by atoms with Crippen LogP contribution in [0.15, 0.2) is 18.3 Å². The second-order valence-electron chi connectivity index (χ2n) is 2.46. The Morgan fingerprint density at radius 1 is 1.77 bits per heavy atom. The molecule has 1 heterocycles. The third kappa shape index (κ3) is 2.91. The molecular weight excluding hydrogens is 166 g/mol. The van der Waals surface area contributed by atoms with Crippen LogP contribution in [-0.4, -0.2) is 10.9 Å². The molecule has 4 heteroatoms. The highest BCUT2D eigenvalue weighted by Gasteiger charge is 1.99. The van der Waals surface area contributed by atoms with Crippen LogP contribution < -0.4 is 5.73 Å². The number of hydrogen-bond acceptors (Lipinski definition) is 3. The third-order valence-electron chi connectivity index (χ3n) is 1.44. The maximum Gasteiger partial charge on any atom is 0.218 e. The molecule has 0 aliphatic heterocycles. The number of rotatable bonds is 3. The SMILES string of the molecule is N#Cc1cc([CH]CC(N)=O)ccn1. The summed E-state index contributed by atoms with van der Waals surface area (Å²) in [6, 6.07) is 5.22. The smallest absolute Gasteiger partial charge is 0.218 e. The number of nitrogens with two attached hydrogens (primary N) is 1. The fourth-order valence-corrected chi connectivity index (χ4v) is 0.853. The number of primary amides is 1. The number of carbonyl (C=O) groups is 1. The molecule has 0 atom stereocenters. The van der Waals surface area contributed by atoms with Crippen LogP contribution in [0.4, 0.5) is 0 Å². The standard InChI is InChI=1S/C9H8N3O/c10-6-8-5-7(3-4-12-8)1-2-9(11)13/h1,3-5H,2H2,(H2,11,13). The van der Waals surface area contributed by atoms with Gasteiger partial charge in [-0.3, -0.25) is 4.79 Å². The Labute approximate surface area is 76.0 Å². The first kappa shape index (κ1) is 9.20. The molecular formula is C9H8N3O. The normalized spacial score (nSPS) is 9.15. The Morgan fingerprint density at radius 3 is 3.15 bits per heavy atom. The van der Waals surface area contributed by atoms with Gasteiger partial charge < -0.3 is 5.73 Å². The van der Waals surface area contributed by atoms with Gasteiger partial charge in [-0.25, -0.2) is 4.98 Å². The predicted octanol–water partition coefficient (Wildman–Crippen LogP) is 0.381. The monoisotopic (exact) mass is 174 g/mol. The van der Waals surface area contributed by atoms with Gasteiger partial charge in [-0.15, -0.1) is 0 Å². The van der Waals surface area contributed by atoms with E-state index in [0.717, 1.165) is 5.56 Å². The highest BCUT2D eigenvalue weighted by molar-refractivity contribution is 5.75. The van der Waals surface area contributed by atoms with Crippen LogP contribution in [0.1, 0.15) is 17.7 Å². The zero-order valence-electron chi connectivity index (χ0n) is 6.90. The van der Waals surface area contributed by atoms with E-state index in [4.69, 9.17) is 11.0 Å². The number of pyridine rings is 1. The van der Waals surface area contributed by atoms with Gasteiger partial charge in [0.05, 0.1) is 0 Å². The zero-order chi connectivity index (χ0) is 9.68. The summed E-state index contributed by atoms with van der Waals surface area (Å²) in [6.45, 7) is 0. The van der Waals surface area contributed by atoms with Crippen molar-refractivity contribution in [2.75, 3.05) is 0 Å². The van der Waals surface area contributed by atoms with E-state index in [9.17, 15) is 4.79 Å². The minimum absolute atomic E-state index is 0.175. The molecule has 1 radical (unpaired) electrons. The molecule has 0 aromatic carbocycles. The minimum atomic E-state index is -0.393. The van der Waals surface area contributed by atoms with Crippen LogP contribution in [0, 0.1) is 17.8 Å². The van der Waals surface area contributed by atoms with E-state index in [1.54, 1.807) is 18.6 Å². The number of nitrogens with zero attached hydrogens (tertiary/aromatic N) is 2. The summed E-state index contributed by atoms with van der Waals surface area (Å²) in [5, 5.41) is 8.52. The summed E-state index contributed by atoms with van der Waals surface area (Å²) in [7, 11) is 0. The topological polar surface area (TPSA) is 79.8 Å². The lowest BCUT2D eigenvalue weighted by atomic mass is 10.1. The molecule has 0 fully saturated rings. The van der Waals surface area contributed by atoms with Crippen molar-refractivity contribution in [3.63, 3.8) is 0 Å².